The number of nitrogens with zero attached hydrogens (tertiary/aromatic N) is 2. The van der Waals surface area contributed by atoms with E-state index in [9.17, 15) is 14.7 Å². The quantitative estimate of drug-likeness (QED) is 0.929. The Labute approximate surface area is 147 Å². The Hall–Kier alpha value is -2.56. The zero-order chi connectivity index (χ0) is 18.0. The lowest BCUT2D eigenvalue weighted by molar-refractivity contribution is -0.143. The second-order valence-electron chi connectivity index (χ2n) is 6.70. The molecule has 0 unspecified atom stereocenters. The minimum Gasteiger partial charge on any atom is -0.480 e. The van der Waals surface area contributed by atoms with E-state index >= 15 is 0 Å². The molecule has 1 aromatic carbocycles. The van der Waals surface area contributed by atoms with Gasteiger partial charge in [-0.1, -0.05) is 30.3 Å². The molecule has 1 N–H and O–H groups in total. The van der Waals surface area contributed by atoms with Crippen molar-refractivity contribution in [2.45, 2.75) is 45.7 Å². The number of carboxylic acids is 1. The van der Waals surface area contributed by atoms with Gasteiger partial charge in [0.25, 0.3) is 5.91 Å². The van der Waals surface area contributed by atoms with Gasteiger partial charge in [0.2, 0.25) is 0 Å². The summed E-state index contributed by atoms with van der Waals surface area (Å²) in [7, 11) is 0. The van der Waals surface area contributed by atoms with Crippen molar-refractivity contribution in [2.24, 2.45) is 0 Å². The van der Waals surface area contributed by atoms with Gasteiger partial charge in [0, 0.05) is 24.5 Å². The van der Waals surface area contributed by atoms with Crippen LogP contribution in [0.5, 0.6) is 0 Å². The zero-order valence-corrected chi connectivity index (χ0v) is 14.7. The van der Waals surface area contributed by atoms with Gasteiger partial charge >= 0.3 is 5.97 Å². The molecule has 1 aliphatic heterocycles. The average Bonchev–Trinajstić information content (AvgIpc) is 2.90. The zero-order valence-electron chi connectivity index (χ0n) is 14.7. The van der Waals surface area contributed by atoms with E-state index in [0.29, 0.717) is 25.1 Å². The Morgan fingerprint density at radius 2 is 1.88 bits per heavy atom. The number of rotatable bonds is 4. The number of amides is 1. The van der Waals surface area contributed by atoms with Crippen molar-refractivity contribution >= 4 is 11.9 Å². The molecule has 0 bridgehead atoms. The highest BCUT2D eigenvalue weighted by molar-refractivity contribution is 5.98. The van der Waals surface area contributed by atoms with E-state index in [1.807, 2.05) is 38.1 Å². The van der Waals surface area contributed by atoms with Crippen LogP contribution in [0.2, 0.25) is 0 Å². The standard InChI is InChI=1S/C20H24N2O3/c1-14-12-17(15(2)22(14)13-16-8-4-3-5-9-16)19(23)21-11-7-6-10-18(21)20(24)25/h3-5,8-9,12,18H,6-7,10-11,13H2,1-2H3,(H,24,25)/t18-/m1/s1. The maximum absolute atomic E-state index is 13.0. The summed E-state index contributed by atoms with van der Waals surface area (Å²) in [6.45, 7) is 5.13. The first-order valence-electron chi connectivity index (χ1n) is 8.73. The summed E-state index contributed by atoms with van der Waals surface area (Å²) in [5.41, 5.74) is 3.68. The van der Waals surface area contributed by atoms with Gasteiger partial charge in [-0.2, -0.15) is 0 Å². The molecule has 0 aliphatic carbocycles. The first-order chi connectivity index (χ1) is 12.0. The monoisotopic (exact) mass is 340 g/mol. The van der Waals surface area contributed by atoms with Gasteiger partial charge in [0.15, 0.2) is 0 Å². The van der Waals surface area contributed by atoms with E-state index in [0.717, 1.165) is 24.2 Å². The third-order valence-electron chi connectivity index (χ3n) is 5.04. The summed E-state index contributed by atoms with van der Waals surface area (Å²) in [5, 5.41) is 9.43. The minimum atomic E-state index is -0.911. The number of carbonyl (C=O) groups excluding carboxylic acids is 1. The number of benzene rings is 1. The number of aryl methyl sites for hydroxylation is 1. The molecule has 1 fully saturated rings. The smallest absolute Gasteiger partial charge is 0.326 e. The lowest BCUT2D eigenvalue weighted by Gasteiger charge is -2.33. The maximum Gasteiger partial charge on any atom is 0.326 e. The summed E-state index contributed by atoms with van der Waals surface area (Å²) in [4.78, 5) is 26.0. The van der Waals surface area contributed by atoms with E-state index in [1.54, 1.807) is 0 Å². The highest BCUT2D eigenvalue weighted by Crippen LogP contribution is 2.24. The van der Waals surface area contributed by atoms with Gasteiger partial charge in [-0.05, 0) is 44.7 Å². The van der Waals surface area contributed by atoms with Gasteiger partial charge in [0.05, 0.1) is 5.56 Å². The number of aromatic nitrogens is 1. The molecular weight excluding hydrogens is 316 g/mol. The molecule has 0 radical (unpaired) electrons. The second-order valence-corrected chi connectivity index (χ2v) is 6.70. The molecule has 0 saturated carbocycles. The molecule has 1 aromatic heterocycles. The third-order valence-corrected chi connectivity index (χ3v) is 5.04. The number of carboxylic acid groups (broad SMARTS) is 1. The molecule has 25 heavy (non-hydrogen) atoms. The van der Waals surface area contributed by atoms with Gasteiger partial charge in [0.1, 0.15) is 6.04 Å². The highest BCUT2D eigenvalue weighted by Gasteiger charge is 2.33. The van der Waals surface area contributed by atoms with Crippen molar-refractivity contribution < 1.29 is 14.7 Å². The number of aliphatic carboxylic acids is 1. The number of likely N-dealkylation sites (tertiary alicyclic amines) is 1. The van der Waals surface area contributed by atoms with E-state index in [1.165, 1.54) is 10.5 Å². The first kappa shape index (κ1) is 17.3. The largest absolute Gasteiger partial charge is 0.480 e. The minimum absolute atomic E-state index is 0.167. The average molecular weight is 340 g/mol. The number of piperidine rings is 1. The Bertz CT molecular complexity index is 780. The Balaban J connectivity index is 1.88. The number of hydrogen-bond acceptors (Lipinski definition) is 2. The van der Waals surface area contributed by atoms with Crippen LogP contribution in [0.15, 0.2) is 36.4 Å². The van der Waals surface area contributed by atoms with Crippen LogP contribution in [0.25, 0.3) is 0 Å². The van der Waals surface area contributed by atoms with E-state index in [-0.39, 0.29) is 5.91 Å². The van der Waals surface area contributed by atoms with E-state index in [4.69, 9.17) is 0 Å². The first-order valence-corrected chi connectivity index (χ1v) is 8.73. The van der Waals surface area contributed by atoms with Crippen LogP contribution in [-0.2, 0) is 11.3 Å². The highest BCUT2D eigenvalue weighted by atomic mass is 16.4. The number of carbonyl (C=O) groups is 2. The predicted molar refractivity (Wildman–Crippen MR) is 95.8 cm³/mol. The van der Waals surface area contributed by atoms with Gasteiger partial charge < -0.3 is 14.6 Å². The van der Waals surface area contributed by atoms with Crippen LogP contribution in [-0.4, -0.2) is 39.0 Å². The lowest BCUT2D eigenvalue weighted by Crippen LogP contribution is -2.48. The molecule has 5 nitrogen and oxygen atoms in total. The van der Waals surface area contributed by atoms with Crippen LogP contribution in [0.3, 0.4) is 0 Å². The summed E-state index contributed by atoms with van der Waals surface area (Å²) in [6.07, 6.45) is 2.25. The van der Waals surface area contributed by atoms with Crippen LogP contribution in [0.4, 0.5) is 0 Å². The van der Waals surface area contributed by atoms with Crippen molar-refractivity contribution in [2.75, 3.05) is 6.54 Å². The maximum atomic E-state index is 13.0. The molecule has 1 aliphatic rings. The van der Waals surface area contributed by atoms with Crippen LogP contribution in [0.1, 0.15) is 46.6 Å². The molecule has 2 aromatic rings. The van der Waals surface area contributed by atoms with Crippen molar-refractivity contribution in [3.63, 3.8) is 0 Å². The lowest BCUT2D eigenvalue weighted by atomic mass is 10.0. The SMILES string of the molecule is Cc1cc(C(=O)N2CCCC[C@@H]2C(=O)O)c(C)n1Cc1ccccc1. The van der Waals surface area contributed by atoms with Crippen LogP contribution >= 0.6 is 0 Å². The van der Waals surface area contributed by atoms with Crippen molar-refractivity contribution in [3.05, 3.63) is 58.9 Å². The summed E-state index contributed by atoms with van der Waals surface area (Å²) in [6, 6.07) is 11.3. The fourth-order valence-electron chi connectivity index (χ4n) is 3.61. The van der Waals surface area contributed by atoms with Crippen molar-refractivity contribution in [1.82, 2.24) is 9.47 Å². The van der Waals surface area contributed by atoms with E-state index in [2.05, 4.69) is 16.7 Å². The molecule has 0 spiro atoms. The molecule has 1 amide bonds. The number of hydrogen-bond donors (Lipinski definition) is 1. The van der Waals surface area contributed by atoms with Crippen LogP contribution in [0, 0.1) is 13.8 Å². The molecule has 3 rings (SSSR count). The fourth-order valence-corrected chi connectivity index (χ4v) is 3.61. The molecular formula is C20H24N2O3. The normalized spacial score (nSPS) is 17.5. The van der Waals surface area contributed by atoms with Gasteiger partial charge in [-0.25, -0.2) is 4.79 Å². The van der Waals surface area contributed by atoms with Gasteiger partial charge in [-0.3, -0.25) is 4.79 Å². The van der Waals surface area contributed by atoms with Crippen molar-refractivity contribution in [1.29, 1.82) is 0 Å². The van der Waals surface area contributed by atoms with E-state index < -0.39 is 12.0 Å². The fraction of sp³-hybridized carbons (Fsp3) is 0.400. The third kappa shape index (κ3) is 3.45. The van der Waals surface area contributed by atoms with Crippen molar-refractivity contribution in [3.8, 4) is 0 Å². The topological polar surface area (TPSA) is 62.5 Å². The molecule has 132 valence electrons. The molecule has 5 heteroatoms. The predicted octanol–water partition coefficient (Wildman–Crippen LogP) is 3.23. The summed E-state index contributed by atoms with van der Waals surface area (Å²) in [5.74, 6) is -1.08. The Morgan fingerprint density at radius 3 is 2.56 bits per heavy atom. The Kier molecular flexibility index (Phi) is 4.93. The molecule has 1 atom stereocenters. The second kappa shape index (κ2) is 7.13. The Morgan fingerprint density at radius 1 is 1.16 bits per heavy atom. The van der Waals surface area contributed by atoms with Crippen LogP contribution < -0.4 is 0 Å². The molecule has 1 saturated heterocycles. The molecule has 2 heterocycles. The summed E-state index contributed by atoms with van der Waals surface area (Å²) < 4.78 is 2.11. The van der Waals surface area contributed by atoms with Gasteiger partial charge in [-0.15, -0.1) is 0 Å². The summed E-state index contributed by atoms with van der Waals surface area (Å²) >= 11 is 0.